The summed E-state index contributed by atoms with van der Waals surface area (Å²) >= 11 is 0. The molecule has 0 fully saturated rings. The second kappa shape index (κ2) is 7.15. The van der Waals surface area contributed by atoms with Crippen molar-refractivity contribution in [2.24, 2.45) is 0 Å². The highest BCUT2D eigenvalue weighted by atomic mass is 19.1. The zero-order valence-corrected chi connectivity index (χ0v) is 10.1. The monoisotopic (exact) mass is 267 g/mol. The zero-order chi connectivity index (χ0) is 14.3. The number of hydrogen-bond donors (Lipinski definition) is 2. The van der Waals surface area contributed by atoms with Crippen molar-refractivity contribution in [3.8, 4) is 0 Å². The van der Waals surface area contributed by atoms with Crippen molar-refractivity contribution in [1.29, 1.82) is 0 Å². The number of aliphatic carboxylic acids is 1. The minimum atomic E-state index is -1.26. The number of rotatable bonds is 6. The molecule has 0 aliphatic rings. The van der Waals surface area contributed by atoms with E-state index < -0.39 is 23.9 Å². The fraction of sp³-hybridized carbons (Fsp3) is 0.231. The summed E-state index contributed by atoms with van der Waals surface area (Å²) in [6.45, 7) is 3.33. The van der Waals surface area contributed by atoms with Gasteiger partial charge < -0.3 is 15.2 Å². The lowest BCUT2D eigenvalue weighted by molar-refractivity contribution is -0.139. The molecule has 1 rings (SSSR count). The number of carbonyl (C=O) groups is 2. The van der Waals surface area contributed by atoms with Crippen molar-refractivity contribution < 1.29 is 23.8 Å². The van der Waals surface area contributed by atoms with Gasteiger partial charge >= 0.3 is 12.1 Å². The number of carbonyl (C=O) groups excluding carboxylic acids is 1. The Balaban J connectivity index is 2.68. The van der Waals surface area contributed by atoms with Crippen LogP contribution in [0.1, 0.15) is 5.56 Å². The number of alkyl carbamates (subject to hydrolysis) is 1. The molecule has 2 N–H and O–H groups in total. The summed E-state index contributed by atoms with van der Waals surface area (Å²) in [6, 6.07) is 4.52. The predicted octanol–water partition coefficient (Wildman–Crippen LogP) is 1.73. The first-order valence-corrected chi connectivity index (χ1v) is 5.55. The number of nitrogens with one attached hydrogen (secondary N) is 1. The molecular weight excluding hydrogens is 253 g/mol. The number of amides is 1. The van der Waals surface area contributed by atoms with Crippen molar-refractivity contribution in [2.45, 2.75) is 12.5 Å². The third kappa shape index (κ3) is 4.79. The number of carboxylic acid groups (broad SMARTS) is 1. The van der Waals surface area contributed by atoms with Gasteiger partial charge in [0.1, 0.15) is 18.5 Å². The molecule has 0 spiro atoms. The van der Waals surface area contributed by atoms with E-state index >= 15 is 0 Å². The van der Waals surface area contributed by atoms with Crippen molar-refractivity contribution >= 4 is 12.1 Å². The highest BCUT2D eigenvalue weighted by molar-refractivity contribution is 5.80. The van der Waals surface area contributed by atoms with Gasteiger partial charge in [0.2, 0.25) is 0 Å². The lowest BCUT2D eigenvalue weighted by Crippen LogP contribution is -2.42. The van der Waals surface area contributed by atoms with E-state index in [0.29, 0.717) is 0 Å². The molecule has 0 saturated carbocycles. The molecule has 0 saturated heterocycles. The van der Waals surface area contributed by atoms with Crippen LogP contribution >= 0.6 is 0 Å². The van der Waals surface area contributed by atoms with Crippen LogP contribution in [0.3, 0.4) is 0 Å². The van der Waals surface area contributed by atoms with E-state index in [0.717, 1.165) is 0 Å². The Bertz CT molecular complexity index is 475. The molecule has 0 radical (unpaired) electrons. The molecule has 0 heterocycles. The molecule has 0 bridgehead atoms. The summed E-state index contributed by atoms with van der Waals surface area (Å²) in [5.41, 5.74) is 0.207. The van der Waals surface area contributed by atoms with E-state index in [9.17, 15) is 14.0 Å². The number of halogens is 1. The molecule has 6 heteroatoms. The Morgan fingerprint density at radius 2 is 2.16 bits per heavy atom. The molecule has 0 aliphatic heterocycles. The third-order valence-electron chi connectivity index (χ3n) is 2.30. The second-order valence-corrected chi connectivity index (χ2v) is 3.72. The average Bonchev–Trinajstić information content (AvgIpc) is 2.38. The van der Waals surface area contributed by atoms with E-state index in [1.807, 2.05) is 0 Å². The Kier molecular flexibility index (Phi) is 5.53. The maximum Gasteiger partial charge on any atom is 0.408 e. The van der Waals surface area contributed by atoms with Gasteiger partial charge in [-0.1, -0.05) is 30.9 Å². The Hall–Kier alpha value is -2.37. The summed E-state index contributed by atoms with van der Waals surface area (Å²) in [7, 11) is 0. The summed E-state index contributed by atoms with van der Waals surface area (Å²) in [4.78, 5) is 22.3. The first-order chi connectivity index (χ1) is 9.04. The van der Waals surface area contributed by atoms with E-state index in [1.165, 1.54) is 24.3 Å². The second-order valence-electron chi connectivity index (χ2n) is 3.72. The molecule has 102 valence electrons. The fourth-order valence-corrected chi connectivity index (χ4v) is 1.40. The number of benzene rings is 1. The van der Waals surface area contributed by atoms with Crippen LogP contribution < -0.4 is 5.32 Å². The van der Waals surface area contributed by atoms with E-state index in [2.05, 4.69) is 16.6 Å². The van der Waals surface area contributed by atoms with Crippen molar-refractivity contribution in [3.05, 3.63) is 48.3 Å². The summed E-state index contributed by atoms with van der Waals surface area (Å²) in [5, 5.41) is 11.1. The molecule has 1 atom stereocenters. The number of carboxylic acids is 1. The van der Waals surface area contributed by atoms with Crippen LogP contribution in [0.2, 0.25) is 0 Å². The van der Waals surface area contributed by atoms with Gasteiger partial charge in [-0.3, -0.25) is 0 Å². The maximum atomic E-state index is 13.4. The van der Waals surface area contributed by atoms with Crippen LogP contribution in [-0.2, 0) is 16.0 Å². The van der Waals surface area contributed by atoms with Crippen molar-refractivity contribution in [1.82, 2.24) is 5.32 Å². The summed E-state index contributed by atoms with van der Waals surface area (Å²) in [5.74, 6) is -1.78. The highest BCUT2D eigenvalue weighted by Crippen LogP contribution is 2.09. The van der Waals surface area contributed by atoms with Gasteiger partial charge in [-0.2, -0.15) is 0 Å². The smallest absolute Gasteiger partial charge is 0.408 e. The Morgan fingerprint density at radius 1 is 1.47 bits per heavy atom. The first kappa shape index (κ1) is 14.7. The van der Waals surface area contributed by atoms with Gasteiger partial charge in [-0.15, -0.1) is 0 Å². The van der Waals surface area contributed by atoms with Crippen LogP contribution in [0.15, 0.2) is 36.9 Å². The third-order valence-corrected chi connectivity index (χ3v) is 2.30. The van der Waals surface area contributed by atoms with E-state index in [1.54, 1.807) is 6.07 Å². The lowest BCUT2D eigenvalue weighted by Gasteiger charge is -2.14. The molecule has 0 aromatic heterocycles. The molecule has 1 amide bonds. The van der Waals surface area contributed by atoms with Crippen molar-refractivity contribution in [3.63, 3.8) is 0 Å². The fourth-order valence-electron chi connectivity index (χ4n) is 1.40. The molecule has 19 heavy (non-hydrogen) atoms. The Labute approximate surface area is 109 Å². The normalized spacial score (nSPS) is 11.4. The Morgan fingerprint density at radius 3 is 2.74 bits per heavy atom. The minimum Gasteiger partial charge on any atom is -0.480 e. The molecule has 1 aromatic carbocycles. The van der Waals surface area contributed by atoms with E-state index in [-0.39, 0.29) is 18.6 Å². The lowest BCUT2D eigenvalue weighted by atomic mass is 10.1. The number of hydrogen-bond acceptors (Lipinski definition) is 3. The van der Waals surface area contributed by atoms with Crippen LogP contribution in [0.25, 0.3) is 0 Å². The van der Waals surface area contributed by atoms with Gasteiger partial charge in [-0.25, -0.2) is 14.0 Å². The van der Waals surface area contributed by atoms with Crippen LogP contribution in [0.4, 0.5) is 9.18 Å². The largest absolute Gasteiger partial charge is 0.480 e. The standard InChI is InChI=1S/C13H14FNO4/c1-2-7-19-13(18)15-11(12(16)17)8-9-5-3-4-6-10(9)14/h2-6,11H,1,7-8H2,(H,15,18)(H,16,17)/t11-/m1/s1. The molecular formula is C13H14FNO4. The van der Waals surface area contributed by atoms with Crippen LogP contribution in [0, 0.1) is 5.82 Å². The maximum absolute atomic E-state index is 13.4. The first-order valence-electron chi connectivity index (χ1n) is 5.55. The van der Waals surface area contributed by atoms with Gasteiger partial charge in [0.15, 0.2) is 0 Å². The zero-order valence-electron chi connectivity index (χ0n) is 10.1. The molecule has 5 nitrogen and oxygen atoms in total. The van der Waals surface area contributed by atoms with Crippen LogP contribution in [0.5, 0.6) is 0 Å². The van der Waals surface area contributed by atoms with Gasteiger partial charge in [0.05, 0.1) is 0 Å². The SMILES string of the molecule is C=CCOC(=O)N[C@H](Cc1ccccc1F)C(=O)O. The molecule has 0 aliphatic carbocycles. The minimum absolute atomic E-state index is 0.0299. The van der Waals surface area contributed by atoms with Crippen molar-refractivity contribution in [2.75, 3.05) is 6.61 Å². The van der Waals surface area contributed by atoms with Gasteiger partial charge in [0, 0.05) is 6.42 Å². The van der Waals surface area contributed by atoms with E-state index in [4.69, 9.17) is 5.11 Å². The summed E-state index contributed by atoms with van der Waals surface area (Å²) in [6.07, 6.45) is 0.306. The summed E-state index contributed by atoms with van der Waals surface area (Å²) < 4.78 is 18.0. The average molecular weight is 267 g/mol. The van der Waals surface area contributed by atoms with Gasteiger partial charge in [-0.05, 0) is 11.6 Å². The highest BCUT2D eigenvalue weighted by Gasteiger charge is 2.22. The topological polar surface area (TPSA) is 75.6 Å². The quantitative estimate of drug-likeness (QED) is 0.770. The van der Waals surface area contributed by atoms with Gasteiger partial charge in [0.25, 0.3) is 0 Å². The van der Waals surface area contributed by atoms with Crippen LogP contribution in [-0.4, -0.2) is 29.8 Å². The number of ether oxygens (including phenoxy) is 1. The predicted molar refractivity (Wildman–Crippen MR) is 66.2 cm³/mol. The molecule has 0 unspecified atom stereocenters. The molecule has 1 aromatic rings.